The molecule has 94 valence electrons. The number of hydrogen-bond donors (Lipinski definition) is 0. The zero-order chi connectivity index (χ0) is 13.5. The topological polar surface area (TPSA) is 59.3 Å². The SMILES string of the molecule is CCOC(=O)C(C#N)=Cc1cc(OC)ccc1F. The predicted octanol–water partition coefficient (Wildman–Crippen LogP) is 2.30. The van der Waals surface area contributed by atoms with Gasteiger partial charge in [-0.1, -0.05) is 0 Å². The molecule has 5 heteroatoms. The normalized spacial score (nSPS) is 10.7. The van der Waals surface area contributed by atoms with Crippen molar-refractivity contribution >= 4 is 12.0 Å². The fraction of sp³-hybridized carbons (Fsp3) is 0.231. The minimum absolute atomic E-state index is 0.0963. The number of rotatable bonds is 4. The predicted molar refractivity (Wildman–Crippen MR) is 63.2 cm³/mol. The number of ether oxygens (including phenoxy) is 2. The van der Waals surface area contributed by atoms with Crippen LogP contribution in [0.25, 0.3) is 6.08 Å². The highest BCUT2D eigenvalue weighted by Gasteiger charge is 2.11. The summed E-state index contributed by atoms with van der Waals surface area (Å²) in [4.78, 5) is 11.4. The maximum atomic E-state index is 13.5. The van der Waals surface area contributed by atoms with Crippen LogP contribution in [-0.4, -0.2) is 19.7 Å². The van der Waals surface area contributed by atoms with E-state index in [0.717, 1.165) is 6.08 Å². The smallest absolute Gasteiger partial charge is 0.348 e. The number of carbonyl (C=O) groups is 1. The Hall–Kier alpha value is -2.35. The monoisotopic (exact) mass is 249 g/mol. The van der Waals surface area contributed by atoms with E-state index in [9.17, 15) is 9.18 Å². The first-order valence-corrected chi connectivity index (χ1v) is 5.24. The number of esters is 1. The second kappa shape index (κ2) is 6.40. The van der Waals surface area contributed by atoms with Crippen LogP contribution in [0.2, 0.25) is 0 Å². The molecule has 0 heterocycles. The number of hydrogen-bond acceptors (Lipinski definition) is 4. The molecule has 1 aromatic rings. The highest BCUT2D eigenvalue weighted by Crippen LogP contribution is 2.19. The summed E-state index contributed by atoms with van der Waals surface area (Å²) in [6, 6.07) is 5.72. The summed E-state index contributed by atoms with van der Waals surface area (Å²) in [6.45, 7) is 1.78. The van der Waals surface area contributed by atoms with Crippen LogP contribution in [0.3, 0.4) is 0 Å². The lowest BCUT2D eigenvalue weighted by Crippen LogP contribution is -2.06. The number of nitriles is 1. The molecule has 0 aliphatic rings. The van der Waals surface area contributed by atoms with Crippen LogP contribution in [0.1, 0.15) is 12.5 Å². The molecular weight excluding hydrogens is 237 g/mol. The first kappa shape index (κ1) is 13.7. The Morgan fingerprint density at radius 2 is 2.28 bits per heavy atom. The molecule has 0 saturated carbocycles. The van der Waals surface area contributed by atoms with Gasteiger partial charge in [0.2, 0.25) is 0 Å². The van der Waals surface area contributed by atoms with Crippen LogP contribution >= 0.6 is 0 Å². The summed E-state index contributed by atoms with van der Waals surface area (Å²) in [6.07, 6.45) is 1.13. The van der Waals surface area contributed by atoms with Crippen molar-refractivity contribution in [2.24, 2.45) is 0 Å². The molecule has 0 bridgehead atoms. The van der Waals surface area contributed by atoms with Gasteiger partial charge in [0.05, 0.1) is 13.7 Å². The Labute approximate surface area is 104 Å². The molecular formula is C13H12FNO3. The Bertz CT molecular complexity index is 517. The van der Waals surface area contributed by atoms with Crippen LogP contribution in [-0.2, 0) is 9.53 Å². The van der Waals surface area contributed by atoms with Crippen molar-refractivity contribution in [3.8, 4) is 11.8 Å². The Morgan fingerprint density at radius 3 is 2.83 bits per heavy atom. The third kappa shape index (κ3) is 3.32. The minimum atomic E-state index is -0.776. The third-order valence-electron chi connectivity index (χ3n) is 2.12. The van der Waals surface area contributed by atoms with Crippen molar-refractivity contribution in [3.63, 3.8) is 0 Å². The summed E-state index contributed by atoms with van der Waals surface area (Å²) in [7, 11) is 1.44. The second-order valence-electron chi connectivity index (χ2n) is 3.28. The molecule has 0 amide bonds. The lowest BCUT2D eigenvalue weighted by Gasteiger charge is -2.03. The van der Waals surface area contributed by atoms with Crippen LogP contribution < -0.4 is 4.74 Å². The molecule has 0 N–H and O–H groups in total. The van der Waals surface area contributed by atoms with Gasteiger partial charge in [0.25, 0.3) is 0 Å². The number of methoxy groups -OCH3 is 1. The minimum Gasteiger partial charge on any atom is -0.497 e. The van der Waals surface area contributed by atoms with Crippen molar-refractivity contribution in [1.82, 2.24) is 0 Å². The highest BCUT2D eigenvalue weighted by atomic mass is 19.1. The molecule has 0 atom stereocenters. The standard InChI is InChI=1S/C13H12FNO3/c1-3-18-13(16)10(8-15)6-9-7-11(17-2)4-5-12(9)14/h4-7H,3H2,1-2H3. The maximum absolute atomic E-state index is 13.5. The van der Waals surface area contributed by atoms with Gasteiger partial charge in [0.15, 0.2) is 0 Å². The molecule has 1 rings (SSSR count). The molecule has 0 spiro atoms. The van der Waals surface area contributed by atoms with Gasteiger partial charge < -0.3 is 9.47 Å². The summed E-state index contributed by atoms with van der Waals surface area (Å²) < 4.78 is 23.1. The Balaban J connectivity index is 3.13. The molecule has 0 radical (unpaired) electrons. The molecule has 0 aromatic heterocycles. The first-order chi connectivity index (χ1) is 8.62. The quantitative estimate of drug-likeness (QED) is 0.466. The number of benzene rings is 1. The number of halogens is 1. The lowest BCUT2D eigenvalue weighted by molar-refractivity contribution is -0.137. The van der Waals surface area contributed by atoms with Crippen molar-refractivity contribution in [1.29, 1.82) is 5.26 Å². The van der Waals surface area contributed by atoms with Crippen LogP contribution in [0.15, 0.2) is 23.8 Å². The van der Waals surface area contributed by atoms with E-state index in [0.29, 0.717) is 5.75 Å². The van der Waals surface area contributed by atoms with Crippen molar-refractivity contribution in [2.75, 3.05) is 13.7 Å². The van der Waals surface area contributed by atoms with Gasteiger partial charge in [-0.3, -0.25) is 0 Å². The zero-order valence-corrected chi connectivity index (χ0v) is 10.1. The molecule has 18 heavy (non-hydrogen) atoms. The van der Waals surface area contributed by atoms with Crippen molar-refractivity contribution < 1.29 is 18.7 Å². The van der Waals surface area contributed by atoms with E-state index in [1.54, 1.807) is 13.0 Å². The van der Waals surface area contributed by atoms with Gasteiger partial charge in [-0.05, 0) is 31.2 Å². The Kier molecular flexibility index (Phi) is 4.88. The third-order valence-corrected chi connectivity index (χ3v) is 2.12. The first-order valence-electron chi connectivity index (χ1n) is 5.24. The van der Waals surface area contributed by atoms with Gasteiger partial charge in [-0.15, -0.1) is 0 Å². The van der Waals surface area contributed by atoms with Gasteiger partial charge in [0, 0.05) is 5.56 Å². The number of nitrogens with zero attached hydrogens (tertiary/aromatic N) is 1. The molecule has 0 aliphatic heterocycles. The zero-order valence-electron chi connectivity index (χ0n) is 10.1. The van der Waals surface area contributed by atoms with E-state index in [1.807, 2.05) is 0 Å². The average Bonchev–Trinajstić information content (AvgIpc) is 2.38. The van der Waals surface area contributed by atoms with E-state index >= 15 is 0 Å². The van der Waals surface area contributed by atoms with Gasteiger partial charge >= 0.3 is 5.97 Å². The highest BCUT2D eigenvalue weighted by molar-refractivity contribution is 5.97. The van der Waals surface area contributed by atoms with Crippen LogP contribution in [0.4, 0.5) is 4.39 Å². The molecule has 0 fully saturated rings. The van der Waals surface area contributed by atoms with E-state index in [1.165, 1.54) is 25.3 Å². The summed E-state index contributed by atoms with van der Waals surface area (Å²) in [5.41, 5.74) is -0.164. The van der Waals surface area contributed by atoms with E-state index in [4.69, 9.17) is 10.00 Å². The number of carbonyl (C=O) groups excluding carboxylic acids is 1. The van der Waals surface area contributed by atoms with E-state index < -0.39 is 11.8 Å². The van der Waals surface area contributed by atoms with Crippen molar-refractivity contribution in [2.45, 2.75) is 6.92 Å². The maximum Gasteiger partial charge on any atom is 0.348 e. The molecule has 4 nitrogen and oxygen atoms in total. The summed E-state index contributed by atoms with van der Waals surface area (Å²) in [5.74, 6) is -0.890. The van der Waals surface area contributed by atoms with Crippen LogP contribution in [0.5, 0.6) is 5.75 Å². The van der Waals surface area contributed by atoms with Crippen LogP contribution in [0, 0.1) is 17.1 Å². The summed E-state index contributed by atoms with van der Waals surface area (Å²) in [5, 5.41) is 8.83. The average molecular weight is 249 g/mol. The van der Waals surface area contributed by atoms with Crippen molar-refractivity contribution in [3.05, 3.63) is 35.2 Å². The van der Waals surface area contributed by atoms with E-state index in [2.05, 4.69) is 4.74 Å². The largest absolute Gasteiger partial charge is 0.497 e. The summed E-state index contributed by atoms with van der Waals surface area (Å²) >= 11 is 0. The van der Waals surface area contributed by atoms with Gasteiger partial charge in [-0.25, -0.2) is 9.18 Å². The molecule has 0 unspecified atom stereocenters. The van der Waals surface area contributed by atoms with Gasteiger partial charge in [0.1, 0.15) is 23.2 Å². The van der Waals surface area contributed by atoms with Gasteiger partial charge in [-0.2, -0.15) is 5.26 Å². The lowest BCUT2D eigenvalue weighted by atomic mass is 10.1. The fourth-order valence-corrected chi connectivity index (χ4v) is 1.26. The second-order valence-corrected chi connectivity index (χ2v) is 3.28. The molecule has 0 saturated heterocycles. The molecule has 1 aromatic carbocycles. The fourth-order valence-electron chi connectivity index (χ4n) is 1.26. The Morgan fingerprint density at radius 1 is 1.56 bits per heavy atom. The van der Waals surface area contributed by atoms with E-state index in [-0.39, 0.29) is 17.7 Å². The molecule has 0 aliphatic carbocycles.